The smallest absolute Gasteiger partial charge is 0.251 e. The molecule has 0 unspecified atom stereocenters. The highest BCUT2D eigenvalue weighted by Gasteiger charge is 2.26. The van der Waals surface area contributed by atoms with E-state index in [9.17, 15) is 13.2 Å². The van der Waals surface area contributed by atoms with Crippen LogP contribution in [0.15, 0.2) is 70.2 Å². The maximum absolute atomic E-state index is 12.8. The topological polar surface area (TPSA) is 107 Å². The van der Waals surface area contributed by atoms with Crippen LogP contribution in [0.3, 0.4) is 0 Å². The van der Waals surface area contributed by atoms with Gasteiger partial charge in [0.25, 0.3) is 5.91 Å². The second-order valence-corrected chi connectivity index (χ2v) is 10.4. The molecular weight excluding hydrogens is 456 g/mol. The number of ether oxygens (including phenoxy) is 2. The summed E-state index contributed by atoms with van der Waals surface area (Å²) in [5.74, 6) is 0.520. The summed E-state index contributed by atoms with van der Waals surface area (Å²) in [6.07, 6.45) is 1.60. The molecule has 1 aromatic heterocycles. The molecule has 2 N–H and O–H groups in total. The highest BCUT2D eigenvalue weighted by atomic mass is 32.2. The number of carbonyl (C=O) groups is 1. The SMILES string of the molecule is COc1ccc(C(=O)NCc2cccc(COCc3ccco3)c2)cc1S(=O)(=O)NC(C)(C)C. The van der Waals surface area contributed by atoms with E-state index >= 15 is 0 Å². The number of hydrogen-bond acceptors (Lipinski definition) is 6. The summed E-state index contributed by atoms with van der Waals surface area (Å²) >= 11 is 0. The summed E-state index contributed by atoms with van der Waals surface area (Å²) < 4.78 is 44.4. The zero-order valence-corrected chi connectivity index (χ0v) is 20.6. The molecule has 182 valence electrons. The third kappa shape index (κ3) is 7.18. The molecule has 8 nitrogen and oxygen atoms in total. The summed E-state index contributed by atoms with van der Waals surface area (Å²) in [5.41, 5.74) is 1.38. The van der Waals surface area contributed by atoms with Crippen LogP contribution in [0.5, 0.6) is 5.75 Å². The summed E-state index contributed by atoms with van der Waals surface area (Å²) in [4.78, 5) is 12.7. The number of rotatable bonds is 10. The summed E-state index contributed by atoms with van der Waals surface area (Å²) in [7, 11) is -2.50. The number of methoxy groups -OCH3 is 1. The number of nitrogens with one attached hydrogen (secondary N) is 2. The number of carbonyl (C=O) groups excluding carboxylic acids is 1. The molecule has 0 atom stereocenters. The lowest BCUT2D eigenvalue weighted by Gasteiger charge is -2.21. The van der Waals surface area contributed by atoms with Crippen LogP contribution in [0, 0.1) is 0 Å². The number of hydrogen-bond donors (Lipinski definition) is 2. The van der Waals surface area contributed by atoms with E-state index in [1.807, 2.05) is 36.4 Å². The molecule has 9 heteroatoms. The van der Waals surface area contributed by atoms with Crippen molar-refractivity contribution in [2.75, 3.05) is 7.11 Å². The number of sulfonamides is 1. The van der Waals surface area contributed by atoms with Crippen LogP contribution < -0.4 is 14.8 Å². The lowest BCUT2D eigenvalue weighted by atomic mass is 10.1. The Morgan fingerprint density at radius 1 is 1.00 bits per heavy atom. The van der Waals surface area contributed by atoms with Gasteiger partial charge in [-0.2, -0.15) is 0 Å². The van der Waals surface area contributed by atoms with Gasteiger partial charge in [-0.05, 0) is 62.2 Å². The molecule has 0 fully saturated rings. The minimum absolute atomic E-state index is 0.0896. The lowest BCUT2D eigenvalue weighted by Crippen LogP contribution is -2.40. The van der Waals surface area contributed by atoms with Crippen LogP contribution >= 0.6 is 0 Å². The molecule has 0 radical (unpaired) electrons. The first-order valence-corrected chi connectivity index (χ1v) is 12.2. The first-order chi connectivity index (χ1) is 16.1. The largest absolute Gasteiger partial charge is 0.495 e. The number of benzene rings is 2. The molecule has 2 aromatic carbocycles. The first kappa shape index (κ1) is 25.5. The Labute approximate surface area is 200 Å². The van der Waals surface area contributed by atoms with E-state index in [-0.39, 0.29) is 22.8 Å². The molecule has 0 saturated carbocycles. The van der Waals surface area contributed by atoms with Crippen LogP contribution in [0.1, 0.15) is 48.0 Å². The van der Waals surface area contributed by atoms with Crippen LogP contribution in [-0.2, 0) is 34.5 Å². The van der Waals surface area contributed by atoms with Gasteiger partial charge in [-0.3, -0.25) is 4.79 Å². The zero-order chi connectivity index (χ0) is 24.8. The van der Waals surface area contributed by atoms with Crippen molar-refractivity contribution in [3.8, 4) is 5.75 Å². The van der Waals surface area contributed by atoms with E-state index in [1.165, 1.54) is 25.3 Å². The van der Waals surface area contributed by atoms with Gasteiger partial charge in [-0.15, -0.1) is 0 Å². The number of amides is 1. The Hall–Kier alpha value is -3.14. The van der Waals surface area contributed by atoms with Crippen LogP contribution in [-0.4, -0.2) is 27.0 Å². The van der Waals surface area contributed by atoms with Gasteiger partial charge in [0.1, 0.15) is 23.0 Å². The van der Waals surface area contributed by atoms with Gasteiger partial charge in [0, 0.05) is 17.6 Å². The molecule has 0 bridgehead atoms. The highest BCUT2D eigenvalue weighted by molar-refractivity contribution is 7.89. The van der Waals surface area contributed by atoms with Crippen molar-refractivity contribution in [3.63, 3.8) is 0 Å². The Balaban J connectivity index is 1.65. The van der Waals surface area contributed by atoms with Gasteiger partial charge in [0.05, 0.1) is 20.0 Å². The second kappa shape index (κ2) is 10.9. The van der Waals surface area contributed by atoms with Gasteiger partial charge in [-0.1, -0.05) is 24.3 Å². The molecule has 0 aliphatic carbocycles. The Morgan fingerprint density at radius 2 is 1.76 bits per heavy atom. The minimum atomic E-state index is -3.89. The monoisotopic (exact) mass is 486 g/mol. The van der Waals surface area contributed by atoms with Gasteiger partial charge in [0.15, 0.2) is 0 Å². The van der Waals surface area contributed by atoms with E-state index in [0.717, 1.165) is 16.9 Å². The molecular formula is C25H30N2O6S. The van der Waals surface area contributed by atoms with Crippen LogP contribution in [0.4, 0.5) is 0 Å². The molecule has 0 aliphatic rings. The van der Waals surface area contributed by atoms with Gasteiger partial charge in [-0.25, -0.2) is 13.1 Å². The second-order valence-electron chi connectivity index (χ2n) is 8.80. The van der Waals surface area contributed by atoms with Crippen molar-refractivity contribution in [2.45, 2.75) is 51.0 Å². The van der Waals surface area contributed by atoms with E-state index < -0.39 is 21.5 Å². The van der Waals surface area contributed by atoms with Gasteiger partial charge in [0.2, 0.25) is 10.0 Å². The Morgan fingerprint density at radius 3 is 2.44 bits per heavy atom. The molecule has 3 rings (SSSR count). The third-order valence-corrected chi connectivity index (χ3v) is 6.47. The van der Waals surface area contributed by atoms with Crippen molar-refractivity contribution < 1.29 is 27.1 Å². The minimum Gasteiger partial charge on any atom is -0.495 e. The van der Waals surface area contributed by atoms with E-state index in [2.05, 4.69) is 10.0 Å². The quantitative estimate of drug-likeness (QED) is 0.448. The fourth-order valence-electron chi connectivity index (χ4n) is 3.26. The maximum atomic E-state index is 12.8. The van der Waals surface area contributed by atoms with Crippen molar-refractivity contribution in [1.82, 2.24) is 10.0 Å². The summed E-state index contributed by atoms with van der Waals surface area (Å²) in [6.45, 7) is 6.28. The van der Waals surface area contributed by atoms with Crippen molar-refractivity contribution in [3.05, 3.63) is 83.3 Å². The third-order valence-electron chi connectivity index (χ3n) is 4.69. The first-order valence-electron chi connectivity index (χ1n) is 10.8. The maximum Gasteiger partial charge on any atom is 0.251 e. The van der Waals surface area contributed by atoms with Crippen LogP contribution in [0.25, 0.3) is 0 Å². The van der Waals surface area contributed by atoms with E-state index in [0.29, 0.717) is 13.2 Å². The predicted octanol–water partition coefficient (Wildman–Crippen LogP) is 4.01. The van der Waals surface area contributed by atoms with Crippen molar-refractivity contribution in [1.29, 1.82) is 0 Å². The fraction of sp³-hybridized carbons (Fsp3) is 0.320. The lowest BCUT2D eigenvalue weighted by molar-refractivity contribution is 0.0928. The molecule has 34 heavy (non-hydrogen) atoms. The molecule has 0 spiro atoms. The van der Waals surface area contributed by atoms with Gasteiger partial charge >= 0.3 is 0 Å². The average molecular weight is 487 g/mol. The van der Waals surface area contributed by atoms with E-state index in [4.69, 9.17) is 13.9 Å². The molecule has 1 amide bonds. The Bertz CT molecular complexity index is 1210. The molecule has 1 heterocycles. The van der Waals surface area contributed by atoms with Crippen LogP contribution in [0.2, 0.25) is 0 Å². The molecule has 3 aromatic rings. The fourth-order valence-corrected chi connectivity index (χ4v) is 4.88. The molecule has 0 saturated heterocycles. The normalized spacial score (nSPS) is 11.9. The summed E-state index contributed by atoms with van der Waals surface area (Å²) in [5, 5.41) is 2.83. The number of furan rings is 1. The summed E-state index contributed by atoms with van der Waals surface area (Å²) in [6, 6.07) is 15.7. The van der Waals surface area contributed by atoms with Crippen molar-refractivity contribution >= 4 is 15.9 Å². The van der Waals surface area contributed by atoms with Gasteiger partial charge < -0.3 is 19.2 Å². The highest BCUT2D eigenvalue weighted by Crippen LogP contribution is 2.26. The van der Waals surface area contributed by atoms with E-state index in [1.54, 1.807) is 27.0 Å². The van der Waals surface area contributed by atoms with Crippen molar-refractivity contribution in [2.24, 2.45) is 0 Å². The standard InChI is InChI=1S/C25H30N2O6S/c1-25(2,3)27-34(29,30)23-14-20(10-11-22(23)31-4)24(28)26-15-18-7-5-8-19(13-18)16-32-17-21-9-6-12-33-21/h5-14,27H,15-17H2,1-4H3,(H,26,28). The average Bonchev–Trinajstić information content (AvgIpc) is 3.29. The predicted molar refractivity (Wildman–Crippen MR) is 128 cm³/mol. The molecule has 0 aliphatic heterocycles. The zero-order valence-electron chi connectivity index (χ0n) is 19.8. The Kier molecular flexibility index (Phi) is 8.14.